The Balaban J connectivity index is 4.27. The minimum absolute atomic E-state index is 0.0169. The molecule has 0 atom stereocenters. The van der Waals surface area contributed by atoms with Crippen molar-refractivity contribution < 1.29 is 26.9 Å². The van der Waals surface area contributed by atoms with Crippen LogP contribution in [-0.4, -0.2) is 24.7 Å². The van der Waals surface area contributed by atoms with Gasteiger partial charge in [-0.3, -0.25) is 9.05 Å². The Morgan fingerprint density at radius 2 is 1.67 bits per heavy atom. The molecule has 0 aliphatic carbocycles. The summed E-state index contributed by atoms with van der Waals surface area (Å²) in [7, 11) is -4.16. The summed E-state index contributed by atoms with van der Waals surface area (Å²) in [5, 5.41) is 0.774. The van der Waals surface area contributed by atoms with Crippen molar-refractivity contribution in [3.63, 3.8) is 0 Å². The summed E-state index contributed by atoms with van der Waals surface area (Å²) in [6, 6.07) is 0. The van der Waals surface area contributed by atoms with Crippen LogP contribution in [-0.2, 0) is 18.1 Å². The highest BCUT2D eigenvalue weighted by Crippen LogP contribution is 2.54. The number of alkyl halides is 3. The van der Waals surface area contributed by atoms with Gasteiger partial charge in [0.25, 0.3) is 0 Å². The van der Waals surface area contributed by atoms with Gasteiger partial charge in [-0.25, -0.2) is 9.09 Å². The zero-order valence-corrected chi connectivity index (χ0v) is 13.1. The first-order valence-corrected chi connectivity index (χ1v) is 8.51. The minimum atomic E-state index is -4.16. The van der Waals surface area contributed by atoms with E-state index in [1.807, 2.05) is 0 Å². The number of unbranched alkanes of at least 4 members (excludes halogenated alkanes) is 2. The molecule has 0 unspecified atom stereocenters. The van der Waals surface area contributed by atoms with Crippen molar-refractivity contribution in [3.8, 4) is 0 Å². The van der Waals surface area contributed by atoms with Gasteiger partial charge >= 0.3 is 13.9 Å². The summed E-state index contributed by atoms with van der Waals surface area (Å²) in [6.07, 6.45) is -2.24. The molecule has 4 nitrogen and oxygen atoms in total. The van der Waals surface area contributed by atoms with Crippen molar-refractivity contribution in [1.82, 2.24) is 0 Å². The van der Waals surface area contributed by atoms with Crippen LogP contribution in [0.3, 0.4) is 0 Å². The van der Waals surface area contributed by atoms with Crippen LogP contribution in [0.1, 0.15) is 39.5 Å². The smallest absolute Gasteiger partial charge is 0.287 e. The Hall–Kier alpha value is 0.450. The first-order chi connectivity index (χ1) is 8.39. The fourth-order valence-corrected chi connectivity index (χ4v) is 2.84. The van der Waals surface area contributed by atoms with Crippen LogP contribution >= 0.6 is 23.8 Å². The van der Waals surface area contributed by atoms with Gasteiger partial charge in [0.1, 0.15) is 0 Å². The van der Waals surface area contributed by atoms with Gasteiger partial charge in [0, 0.05) is 11.8 Å². The molecule has 0 bridgehead atoms. The lowest BCUT2D eigenvalue weighted by Gasteiger charge is -2.22. The number of rotatable bonds is 11. The van der Waals surface area contributed by atoms with Gasteiger partial charge in [0.2, 0.25) is 0 Å². The second-order valence-electron chi connectivity index (χ2n) is 3.51. The fourth-order valence-electron chi connectivity index (χ4n) is 1.22. The average Bonchev–Trinajstić information content (AvgIpc) is 2.24. The molecule has 18 heavy (non-hydrogen) atoms. The van der Waals surface area contributed by atoms with Crippen LogP contribution in [0.25, 0.3) is 0 Å². The van der Waals surface area contributed by atoms with Crippen LogP contribution in [0.4, 0.5) is 8.78 Å². The molecule has 0 N–H and O–H groups in total. The highest BCUT2D eigenvalue weighted by molar-refractivity contribution is 9.09. The maximum Gasteiger partial charge on any atom is 0.479 e. The maximum atomic E-state index is 13.4. The fraction of sp³-hybridized carbons (Fsp3) is 1.00. The molecule has 0 aliphatic heterocycles. The van der Waals surface area contributed by atoms with E-state index in [4.69, 9.17) is 0 Å². The SMILES string of the molecule is CCOP(=O)(OCC)OC(F)(F)CCCCCBr. The number of halogens is 3. The van der Waals surface area contributed by atoms with Crippen molar-refractivity contribution in [2.45, 2.75) is 45.6 Å². The lowest BCUT2D eigenvalue weighted by Crippen LogP contribution is -2.20. The largest absolute Gasteiger partial charge is 0.479 e. The van der Waals surface area contributed by atoms with Gasteiger partial charge < -0.3 is 0 Å². The van der Waals surface area contributed by atoms with Crippen LogP contribution < -0.4 is 0 Å². The molecule has 0 aliphatic rings. The van der Waals surface area contributed by atoms with Gasteiger partial charge in [-0.15, -0.1) is 0 Å². The van der Waals surface area contributed by atoms with Crippen LogP contribution in [0.15, 0.2) is 0 Å². The summed E-state index contributed by atoms with van der Waals surface area (Å²) < 4.78 is 52.2. The molecule has 110 valence electrons. The van der Waals surface area contributed by atoms with E-state index in [-0.39, 0.29) is 19.6 Å². The lowest BCUT2D eigenvalue weighted by molar-refractivity contribution is -0.195. The summed E-state index contributed by atoms with van der Waals surface area (Å²) in [6.45, 7) is 3.03. The van der Waals surface area contributed by atoms with E-state index < -0.39 is 20.4 Å². The molecule has 0 spiro atoms. The third-order valence-corrected chi connectivity index (χ3v) is 4.12. The van der Waals surface area contributed by atoms with E-state index in [9.17, 15) is 13.3 Å². The van der Waals surface area contributed by atoms with E-state index in [0.717, 1.165) is 11.8 Å². The zero-order chi connectivity index (χ0) is 14.1. The minimum Gasteiger partial charge on any atom is -0.287 e. The first-order valence-electron chi connectivity index (χ1n) is 5.92. The average molecular weight is 353 g/mol. The Morgan fingerprint density at radius 1 is 1.11 bits per heavy atom. The molecule has 0 saturated carbocycles. The van der Waals surface area contributed by atoms with Gasteiger partial charge in [0.05, 0.1) is 13.2 Å². The first kappa shape index (κ1) is 18.4. The number of phosphoric ester groups is 1. The molecule has 8 heteroatoms. The van der Waals surface area contributed by atoms with E-state index in [1.54, 1.807) is 0 Å². The number of phosphoric acid groups is 1. The zero-order valence-electron chi connectivity index (χ0n) is 10.7. The molecule has 0 saturated heterocycles. The molecule has 0 aromatic rings. The van der Waals surface area contributed by atoms with Crippen molar-refractivity contribution in [1.29, 1.82) is 0 Å². The Morgan fingerprint density at radius 3 is 2.11 bits per heavy atom. The molecule has 0 fully saturated rings. The summed E-state index contributed by atoms with van der Waals surface area (Å²) >= 11 is 3.22. The van der Waals surface area contributed by atoms with Crippen LogP contribution in [0.5, 0.6) is 0 Å². The van der Waals surface area contributed by atoms with Gasteiger partial charge in [0.15, 0.2) is 0 Å². The predicted molar refractivity (Wildman–Crippen MR) is 69.2 cm³/mol. The molecule has 0 amide bonds. The molecule has 0 heterocycles. The van der Waals surface area contributed by atoms with E-state index in [2.05, 4.69) is 29.5 Å². The highest BCUT2D eigenvalue weighted by atomic mass is 79.9. The Labute approximate surface area is 115 Å². The maximum absolute atomic E-state index is 13.4. The molecule has 0 rings (SSSR count). The van der Waals surface area contributed by atoms with Crippen LogP contribution in [0.2, 0.25) is 0 Å². The second kappa shape index (κ2) is 9.37. The summed E-state index contributed by atoms with van der Waals surface area (Å²) in [4.78, 5) is 0. The molecule has 0 radical (unpaired) electrons. The predicted octanol–water partition coefficient (Wildman–Crippen LogP) is 4.73. The highest BCUT2D eigenvalue weighted by Gasteiger charge is 2.41. The molecule has 0 aromatic heterocycles. The Kier molecular flexibility index (Phi) is 9.60. The lowest BCUT2D eigenvalue weighted by atomic mass is 10.2. The summed E-state index contributed by atoms with van der Waals surface area (Å²) in [5.74, 6) is 0. The van der Waals surface area contributed by atoms with Gasteiger partial charge in [-0.2, -0.15) is 8.78 Å². The third kappa shape index (κ3) is 8.53. The molecular weight excluding hydrogens is 333 g/mol. The van der Waals surface area contributed by atoms with Crippen molar-refractivity contribution in [2.75, 3.05) is 18.5 Å². The standard InChI is InChI=1S/C10H20BrF2O4P/c1-3-15-18(14,16-4-2)17-10(12,13)8-6-5-7-9-11/h3-9H2,1-2H3. The van der Waals surface area contributed by atoms with Crippen molar-refractivity contribution >= 4 is 23.8 Å². The third-order valence-electron chi connectivity index (χ3n) is 1.92. The second-order valence-corrected chi connectivity index (χ2v) is 5.90. The van der Waals surface area contributed by atoms with Gasteiger partial charge in [-0.1, -0.05) is 22.4 Å². The van der Waals surface area contributed by atoms with Crippen LogP contribution in [0, 0.1) is 0 Å². The van der Waals surface area contributed by atoms with E-state index in [1.165, 1.54) is 13.8 Å². The number of hydrogen-bond donors (Lipinski definition) is 0. The monoisotopic (exact) mass is 352 g/mol. The van der Waals surface area contributed by atoms with Gasteiger partial charge in [-0.05, 0) is 26.7 Å². The van der Waals surface area contributed by atoms with Crippen molar-refractivity contribution in [2.24, 2.45) is 0 Å². The normalized spacial score (nSPS) is 12.9. The van der Waals surface area contributed by atoms with E-state index >= 15 is 0 Å². The topological polar surface area (TPSA) is 44.8 Å². The molecule has 0 aromatic carbocycles. The van der Waals surface area contributed by atoms with Crippen molar-refractivity contribution in [3.05, 3.63) is 0 Å². The van der Waals surface area contributed by atoms with E-state index in [0.29, 0.717) is 6.42 Å². The summed E-state index contributed by atoms with van der Waals surface area (Å²) in [5.41, 5.74) is 0. The number of hydrogen-bond acceptors (Lipinski definition) is 4. The molecular formula is C10H20BrF2O4P. The Bertz CT molecular complexity index is 256. The quantitative estimate of drug-likeness (QED) is 0.306.